The summed E-state index contributed by atoms with van der Waals surface area (Å²) in [4.78, 5) is 15.0. The molecule has 0 aliphatic carbocycles. The van der Waals surface area contributed by atoms with Crippen LogP contribution < -0.4 is 9.64 Å². The SMILES string of the molecule is CN1CCN2c3cc([N+](=O)[O-])ccc3OCC2C1. The number of piperazine rings is 1. The van der Waals surface area contributed by atoms with Crippen LogP contribution in [0.15, 0.2) is 18.2 Å². The van der Waals surface area contributed by atoms with Crippen molar-refractivity contribution in [1.29, 1.82) is 0 Å². The smallest absolute Gasteiger partial charge is 0.271 e. The number of hydrogen-bond donors (Lipinski definition) is 0. The molecule has 1 fully saturated rings. The van der Waals surface area contributed by atoms with E-state index in [1.54, 1.807) is 12.1 Å². The highest BCUT2D eigenvalue weighted by molar-refractivity contribution is 5.65. The van der Waals surface area contributed by atoms with Crippen molar-refractivity contribution in [2.75, 3.05) is 38.2 Å². The van der Waals surface area contributed by atoms with Gasteiger partial charge in [0.05, 0.1) is 16.7 Å². The van der Waals surface area contributed by atoms with Crippen molar-refractivity contribution in [1.82, 2.24) is 4.90 Å². The summed E-state index contributed by atoms with van der Waals surface area (Å²) in [5.41, 5.74) is 0.977. The lowest BCUT2D eigenvalue weighted by Gasteiger charge is -2.44. The molecule has 2 aliphatic heterocycles. The lowest BCUT2D eigenvalue weighted by atomic mass is 10.1. The molecule has 0 amide bonds. The third-order valence-corrected chi connectivity index (χ3v) is 3.58. The van der Waals surface area contributed by atoms with Gasteiger partial charge >= 0.3 is 0 Å². The van der Waals surface area contributed by atoms with Crippen molar-refractivity contribution in [3.05, 3.63) is 28.3 Å². The maximum atomic E-state index is 10.8. The highest BCUT2D eigenvalue weighted by Crippen LogP contribution is 2.37. The molecule has 0 spiro atoms. The van der Waals surface area contributed by atoms with Gasteiger partial charge in [0.1, 0.15) is 12.4 Å². The molecule has 1 atom stereocenters. The second-order valence-electron chi connectivity index (χ2n) is 4.83. The number of rotatable bonds is 1. The molecule has 3 rings (SSSR count). The van der Waals surface area contributed by atoms with Gasteiger partial charge in [0.2, 0.25) is 0 Å². The Labute approximate surface area is 105 Å². The zero-order valence-corrected chi connectivity index (χ0v) is 10.2. The molecule has 0 aromatic heterocycles. The molecule has 18 heavy (non-hydrogen) atoms. The number of anilines is 1. The number of nitro groups is 1. The van der Waals surface area contributed by atoms with Crippen LogP contribution in [0.25, 0.3) is 0 Å². The van der Waals surface area contributed by atoms with Gasteiger partial charge in [-0.2, -0.15) is 0 Å². The summed E-state index contributed by atoms with van der Waals surface area (Å²) in [7, 11) is 2.08. The van der Waals surface area contributed by atoms with Crippen molar-refractivity contribution < 1.29 is 9.66 Å². The maximum Gasteiger partial charge on any atom is 0.271 e. The standard InChI is InChI=1S/C12H15N3O3/c1-13-4-5-14-10(7-13)8-18-12-3-2-9(15(16)17)6-11(12)14/h2-3,6,10H,4-5,7-8H2,1H3. The van der Waals surface area contributed by atoms with E-state index >= 15 is 0 Å². The Balaban J connectivity index is 1.97. The zero-order valence-electron chi connectivity index (χ0n) is 10.2. The first-order valence-electron chi connectivity index (χ1n) is 6.01. The van der Waals surface area contributed by atoms with Crippen LogP contribution in [-0.4, -0.2) is 49.2 Å². The van der Waals surface area contributed by atoms with Crippen molar-refractivity contribution in [2.24, 2.45) is 0 Å². The number of ether oxygens (including phenoxy) is 1. The Bertz CT molecular complexity index is 491. The Hall–Kier alpha value is -1.82. The second-order valence-corrected chi connectivity index (χ2v) is 4.83. The van der Waals surface area contributed by atoms with E-state index in [0.29, 0.717) is 12.6 Å². The van der Waals surface area contributed by atoms with Crippen LogP contribution in [0.4, 0.5) is 11.4 Å². The highest BCUT2D eigenvalue weighted by atomic mass is 16.6. The van der Waals surface area contributed by atoms with Crippen molar-refractivity contribution in [3.63, 3.8) is 0 Å². The number of likely N-dealkylation sites (N-methyl/N-ethyl adjacent to an activating group) is 1. The fourth-order valence-corrected chi connectivity index (χ4v) is 2.62. The maximum absolute atomic E-state index is 10.8. The van der Waals surface area contributed by atoms with Crippen molar-refractivity contribution >= 4 is 11.4 Å². The normalized spacial score (nSPS) is 22.9. The lowest BCUT2D eigenvalue weighted by Crippen LogP contribution is -2.56. The molecule has 2 heterocycles. The quantitative estimate of drug-likeness (QED) is 0.551. The van der Waals surface area contributed by atoms with Crippen LogP contribution in [0.1, 0.15) is 0 Å². The molecule has 1 aromatic rings. The number of fused-ring (bicyclic) bond motifs is 3. The molecule has 0 saturated carbocycles. The van der Waals surface area contributed by atoms with Gasteiger partial charge in [-0.15, -0.1) is 0 Å². The summed E-state index contributed by atoms with van der Waals surface area (Å²) in [6.45, 7) is 3.44. The van der Waals surface area contributed by atoms with E-state index in [9.17, 15) is 10.1 Å². The van der Waals surface area contributed by atoms with Crippen LogP contribution >= 0.6 is 0 Å². The van der Waals surface area contributed by atoms with Crippen LogP contribution in [0.5, 0.6) is 5.75 Å². The van der Waals surface area contributed by atoms with Crippen molar-refractivity contribution in [3.8, 4) is 5.75 Å². The molecule has 1 unspecified atom stereocenters. The van der Waals surface area contributed by atoms with E-state index in [0.717, 1.165) is 31.1 Å². The van der Waals surface area contributed by atoms with Gasteiger partial charge in [0.25, 0.3) is 5.69 Å². The summed E-state index contributed by atoms with van der Waals surface area (Å²) in [5.74, 6) is 0.751. The van der Waals surface area contributed by atoms with E-state index in [4.69, 9.17) is 4.74 Å². The molecular weight excluding hydrogens is 234 g/mol. The molecule has 1 saturated heterocycles. The summed E-state index contributed by atoms with van der Waals surface area (Å²) >= 11 is 0. The van der Waals surface area contributed by atoms with E-state index in [1.165, 1.54) is 6.07 Å². The Kier molecular flexibility index (Phi) is 2.59. The van der Waals surface area contributed by atoms with E-state index in [-0.39, 0.29) is 10.6 Å². The number of hydrogen-bond acceptors (Lipinski definition) is 5. The van der Waals surface area contributed by atoms with Crippen LogP contribution in [0.2, 0.25) is 0 Å². The van der Waals surface area contributed by atoms with E-state index in [2.05, 4.69) is 16.8 Å². The lowest BCUT2D eigenvalue weighted by molar-refractivity contribution is -0.384. The van der Waals surface area contributed by atoms with Gasteiger partial charge in [-0.25, -0.2) is 0 Å². The molecule has 2 aliphatic rings. The minimum atomic E-state index is -0.361. The number of non-ortho nitro benzene ring substituents is 1. The summed E-state index contributed by atoms with van der Waals surface area (Å²) in [6.07, 6.45) is 0. The summed E-state index contributed by atoms with van der Waals surface area (Å²) in [6, 6.07) is 5.10. The van der Waals surface area contributed by atoms with Gasteiger partial charge in [-0.05, 0) is 13.1 Å². The molecule has 6 heteroatoms. The topological polar surface area (TPSA) is 58.9 Å². The fourth-order valence-electron chi connectivity index (χ4n) is 2.62. The number of nitrogens with zero attached hydrogens (tertiary/aromatic N) is 3. The van der Waals surface area contributed by atoms with Crippen LogP contribution in [0.3, 0.4) is 0 Å². The minimum absolute atomic E-state index is 0.122. The zero-order chi connectivity index (χ0) is 12.7. The Morgan fingerprint density at radius 2 is 2.28 bits per heavy atom. The van der Waals surface area contributed by atoms with Crippen LogP contribution in [0, 0.1) is 10.1 Å². The average molecular weight is 249 g/mol. The molecular formula is C12H15N3O3. The van der Waals surface area contributed by atoms with Gasteiger partial charge in [-0.3, -0.25) is 10.1 Å². The highest BCUT2D eigenvalue weighted by Gasteiger charge is 2.32. The van der Waals surface area contributed by atoms with Gasteiger partial charge < -0.3 is 14.5 Å². The van der Waals surface area contributed by atoms with E-state index in [1.807, 2.05) is 0 Å². The largest absolute Gasteiger partial charge is 0.489 e. The van der Waals surface area contributed by atoms with Gasteiger partial charge in [0, 0.05) is 31.8 Å². The summed E-state index contributed by atoms with van der Waals surface area (Å²) < 4.78 is 5.69. The Morgan fingerprint density at radius 1 is 1.44 bits per heavy atom. The molecule has 0 radical (unpaired) electrons. The monoisotopic (exact) mass is 249 g/mol. The second kappa shape index (κ2) is 4.13. The molecule has 0 bridgehead atoms. The summed E-state index contributed by atoms with van der Waals surface area (Å²) in [5, 5.41) is 10.8. The fraction of sp³-hybridized carbons (Fsp3) is 0.500. The molecule has 1 aromatic carbocycles. The third-order valence-electron chi connectivity index (χ3n) is 3.58. The number of nitro benzene ring substituents is 1. The minimum Gasteiger partial charge on any atom is -0.489 e. The molecule has 0 N–H and O–H groups in total. The van der Waals surface area contributed by atoms with Crippen LogP contribution in [-0.2, 0) is 0 Å². The molecule has 96 valence electrons. The predicted octanol–water partition coefficient (Wildman–Crippen LogP) is 1.11. The first-order valence-corrected chi connectivity index (χ1v) is 6.01. The number of benzene rings is 1. The predicted molar refractivity (Wildman–Crippen MR) is 67.2 cm³/mol. The first-order chi connectivity index (χ1) is 8.65. The average Bonchev–Trinajstić information content (AvgIpc) is 2.37. The molecule has 6 nitrogen and oxygen atoms in total. The first kappa shape index (κ1) is 11.3. The van der Waals surface area contributed by atoms with Crippen molar-refractivity contribution in [2.45, 2.75) is 6.04 Å². The third kappa shape index (κ3) is 1.78. The Morgan fingerprint density at radius 3 is 3.06 bits per heavy atom. The van der Waals surface area contributed by atoms with Gasteiger partial charge in [-0.1, -0.05) is 0 Å². The van der Waals surface area contributed by atoms with Gasteiger partial charge in [0.15, 0.2) is 0 Å². The van der Waals surface area contributed by atoms with E-state index < -0.39 is 0 Å².